The van der Waals surface area contributed by atoms with Gasteiger partial charge in [-0.3, -0.25) is 4.68 Å². The molecule has 0 atom stereocenters. The lowest BCUT2D eigenvalue weighted by Crippen LogP contribution is -1.98. The topological polar surface area (TPSA) is 78.9 Å². The summed E-state index contributed by atoms with van der Waals surface area (Å²) in [4.78, 5) is 7.92. The summed E-state index contributed by atoms with van der Waals surface area (Å²) in [6.45, 7) is 0. The van der Waals surface area contributed by atoms with Crippen LogP contribution in [0.1, 0.15) is 0 Å². The molecule has 1 aromatic carbocycles. The van der Waals surface area contributed by atoms with Crippen LogP contribution in [0.3, 0.4) is 0 Å². The average molecular weight is 277 g/mol. The van der Waals surface area contributed by atoms with Gasteiger partial charge in [-0.05, 0) is 0 Å². The minimum absolute atomic E-state index is 0.0890. The fourth-order valence-electron chi connectivity index (χ4n) is 1.75. The van der Waals surface area contributed by atoms with Crippen LogP contribution >= 0.6 is 0 Å². The van der Waals surface area contributed by atoms with E-state index >= 15 is 0 Å². The molecule has 0 aliphatic rings. The van der Waals surface area contributed by atoms with Crippen LogP contribution in [0.15, 0.2) is 24.7 Å². The van der Waals surface area contributed by atoms with Gasteiger partial charge in [-0.25, -0.2) is 18.7 Å². The molecule has 0 saturated carbocycles. The van der Waals surface area contributed by atoms with Crippen LogP contribution in [-0.4, -0.2) is 19.7 Å². The molecule has 0 radical (unpaired) electrons. The van der Waals surface area contributed by atoms with Crippen molar-refractivity contribution >= 4 is 16.7 Å². The van der Waals surface area contributed by atoms with E-state index in [1.165, 1.54) is 17.2 Å². The molecule has 20 heavy (non-hydrogen) atoms. The van der Waals surface area contributed by atoms with Gasteiger partial charge in [0, 0.05) is 19.2 Å². The number of fused-ring (bicyclic) bond motifs is 1. The van der Waals surface area contributed by atoms with Crippen LogP contribution in [0, 0.1) is 11.6 Å². The van der Waals surface area contributed by atoms with E-state index in [1.807, 2.05) is 0 Å². The van der Waals surface area contributed by atoms with Gasteiger partial charge in [0.25, 0.3) is 0 Å². The van der Waals surface area contributed by atoms with Crippen LogP contribution < -0.4 is 10.5 Å². The van der Waals surface area contributed by atoms with E-state index < -0.39 is 11.6 Å². The fraction of sp³-hybridized carbons (Fsp3) is 0.0833. The second-order valence-corrected chi connectivity index (χ2v) is 4.09. The Morgan fingerprint density at radius 3 is 2.80 bits per heavy atom. The molecule has 0 aliphatic heterocycles. The number of ether oxygens (including phenoxy) is 1. The second kappa shape index (κ2) is 4.41. The van der Waals surface area contributed by atoms with E-state index in [9.17, 15) is 8.78 Å². The van der Waals surface area contributed by atoms with Crippen LogP contribution in [0.2, 0.25) is 0 Å². The Morgan fingerprint density at radius 2 is 2.00 bits per heavy atom. The Hall–Kier alpha value is -2.77. The van der Waals surface area contributed by atoms with E-state index in [0.29, 0.717) is 11.0 Å². The quantitative estimate of drug-likeness (QED) is 0.725. The highest BCUT2D eigenvalue weighted by Gasteiger charge is 2.14. The number of nitrogens with two attached hydrogens (primary N) is 1. The standard InChI is InChI=1S/C12H9F2N5O/c1-19-11-6(4-18-19)12(17-5-16-11)20-10-3-7(13)9(15)2-8(10)14/h2-5H,15H2,1H3. The predicted molar refractivity (Wildman–Crippen MR) is 67.1 cm³/mol. The van der Waals surface area contributed by atoms with Gasteiger partial charge < -0.3 is 10.5 Å². The molecule has 2 heterocycles. The Kier molecular flexibility index (Phi) is 2.70. The third-order valence-corrected chi connectivity index (χ3v) is 2.75. The molecule has 0 bridgehead atoms. The van der Waals surface area contributed by atoms with Crippen LogP contribution in [0.25, 0.3) is 11.0 Å². The number of aryl methyl sites for hydroxylation is 1. The highest BCUT2D eigenvalue weighted by Crippen LogP contribution is 2.30. The first-order valence-corrected chi connectivity index (χ1v) is 5.61. The minimum atomic E-state index is -0.778. The molecule has 0 fully saturated rings. The number of aromatic nitrogens is 4. The van der Waals surface area contributed by atoms with Crippen molar-refractivity contribution in [2.45, 2.75) is 0 Å². The van der Waals surface area contributed by atoms with Crippen molar-refractivity contribution in [3.8, 4) is 11.6 Å². The first-order valence-electron chi connectivity index (χ1n) is 5.61. The number of benzene rings is 1. The van der Waals surface area contributed by atoms with E-state index in [4.69, 9.17) is 10.5 Å². The summed E-state index contributed by atoms with van der Waals surface area (Å²) in [5.74, 6) is -1.76. The number of hydrogen-bond acceptors (Lipinski definition) is 5. The van der Waals surface area contributed by atoms with Crippen molar-refractivity contribution in [1.29, 1.82) is 0 Å². The molecule has 0 saturated heterocycles. The maximum Gasteiger partial charge on any atom is 0.233 e. The lowest BCUT2D eigenvalue weighted by atomic mass is 10.3. The van der Waals surface area contributed by atoms with Crippen molar-refractivity contribution in [2.24, 2.45) is 7.05 Å². The lowest BCUT2D eigenvalue weighted by Gasteiger charge is -2.07. The van der Waals surface area contributed by atoms with E-state index in [1.54, 1.807) is 7.05 Å². The number of hydrogen-bond donors (Lipinski definition) is 1. The van der Waals surface area contributed by atoms with Gasteiger partial charge in [-0.15, -0.1) is 0 Å². The van der Waals surface area contributed by atoms with Crippen LogP contribution in [0.4, 0.5) is 14.5 Å². The van der Waals surface area contributed by atoms with E-state index in [0.717, 1.165) is 12.1 Å². The lowest BCUT2D eigenvalue weighted by molar-refractivity contribution is 0.427. The van der Waals surface area contributed by atoms with Crippen molar-refractivity contribution in [1.82, 2.24) is 19.7 Å². The molecule has 0 spiro atoms. The average Bonchev–Trinajstić information content (AvgIpc) is 2.79. The molecule has 6 nitrogen and oxygen atoms in total. The summed E-state index contributed by atoms with van der Waals surface area (Å²) in [7, 11) is 1.70. The summed E-state index contributed by atoms with van der Waals surface area (Å²) in [5.41, 5.74) is 5.50. The van der Waals surface area contributed by atoms with Gasteiger partial charge in [0.05, 0.1) is 11.9 Å². The third-order valence-electron chi connectivity index (χ3n) is 2.75. The monoisotopic (exact) mass is 277 g/mol. The van der Waals surface area contributed by atoms with E-state index in [2.05, 4.69) is 15.1 Å². The Morgan fingerprint density at radius 1 is 1.20 bits per heavy atom. The molecule has 2 N–H and O–H groups in total. The maximum absolute atomic E-state index is 13.7. The summed E-state index contributed by atoms with van der Waals surface area (Å²) in [5, 5.41) is 4.49. The Bertz CT molecular complexity index is 802. The van der Waals surface area contributed by atoms with Gasteiger partial charge in [0.1, 0.15) is 17.5 Å². The summed E-state index contributed by atoms with van der Waals surface area (Å²) < 4.78 is 33.9. The van der Waals surface area contributed by atoms with E-state index in [-0.39, 0.29) is 17.3 Å². The highest BCUT2D eigenvalue weighted by molar-refractivity contribution is 5.79. The van der Waals surface area contributed by atoms with Gasteiger partial charge >= 0.3 is 0 Å². The first kappa shape index (κ1) is 12.3. The molecule has 102 valence electrons. The molecule has 3 aromatic rings. The first-order chi connectivity index (χ1) is 9.56. The van der Waals surface area contributed by atoms with Gasteiger partial charge in [-0.2, -0.15) is 5.10 Å². The van der Waals surface area contributed by atoms with Gasteiger partial charge in [-0.1, -0.05) is 0 Å². The highest BCUT2D eigenvalue weighted by atomic mass is 19.1. The summed E-state index contributed by atoms with van der Waals surface area (Å²) >= 11 is 0. The zero-order valence-corrected chi connectivity index (χ0v) is 10.3. The maximum atomic E-state index is 13.7. The van der Waals surface area contributed by atoms with Crippen LogP contribution in [-0.2, 0) is 7.05 Å². The van der Waals surface area contributed by atoms with Crippen molar-refractivity contribution in [3.63, 3.8) is 0 Å². The molecule has 8 heteroatoms. The predicted octanol–water partition coefficient (Wildman–Crippen LogP) is 2.02. The SMILES string of the molecule is Cn1ncc2c(Oc3cc(F)c(N)cc3F)ncnc21. The third kappa shape index (κ3) is 1.91. The van der Waals surface area contributed by atoms with Crippen molar-refractivity contribution in [2.75, 3.05) is 5.73 Å². The fourth-order valence-corrected chi connectivity index (χ4v) is 1.75. The normalized spacial score (nSPS) is 10.9. The Balaban J connectivity index is 2.08. The smallest absolute Gasteiger partial charge is 0.233 e. The zero-order chi connectivity index (χ0) is 14.3. The molecular formula is C12H9F2N5O. The summed E-state index contributed by atoms with van der Waals surface area (Å²) in [6.07, 6.45) is 2.74. The van der Waals surface area contributed by atoms with Crippen molar-refractivity contribution in [3.05, 3.63) is 36.3 Å². The minimum Gasteiger partial charge on any atom is -0.435 e. The molecule has 0 aliphatic carbocycles. The summed E-state index contributed by atoms with van der Waals surface area (Å²) in [6, 6.07) is 1.72. The van der Waals surface area contributed by atoms with Gasteiger partial charge in [0.2, 0.25) is 5.88 Å². The molecule has 2 aromatic heterocycles. The molecule has 0 unspecified atom stereocenters. The van der Waals surface area contributed by atoms with Gasteiger partial charge in [0.15, 0.2) is 17.2 Å². The second-order valence-electron chi connectivity index (χ2n) is 4.09. The zero-order valence-electron chi connectivity index (χ0n) is 10.3. The number of rotatable bonds is 2. The largest absolute Gasteiger partial charge is 0.435 e. The Labute approximate surface area is 111 Å². The number of anilines is 1. The number of halogens is 2. The molecule has 3 rings (SSSR count). The van der Waals surface area contributed by atoms with Crippen LogP contribution in [0.5, 0.6) is 11.6 Å². The number of nitrogen functional groups attached to an aromatic ring is 1. The van der Waals surface area contributed by atoms with Crippen molar-refractivity contribution < 1.29 is 13.5 Å². The number of nitrogens with zero attached hydrogens (tertiary/aromatic N) is 4. The molecule has 0 amide bonds. The molecular weight excluding hydrogens is 268 g/mol.